The fourth-order valence-electron chi connectivity index (χ4n) is 3.23. The third-order valence-corrected chi connectivity index (χ3v) is 4.54. The van der Waals surface area contributed by atoms with Crippen LogP contribution in [0.15, 0.2) is 17.1 Å². The average molecular weight is 303 g/mol. The monoisotopic (exact) mass is 303 g/mol. The molecule has 0 aromatic heterocycles. The Morgan fingerprint density at radius 3 is 2.23 bits per heavy atom. The van der Waals surface area contributed by atoms with Gasteiger partial charge >= 0.3 is 0 Å². The van der Waals surface area contributed by atoms with Crippen LogP contribution in [-0.4, -0.2) is 20.3 Å². The van der Waals surface area contributed by atoms with Gasteiger partial charge in [-0.3, -0.25) is 0 Å². The number of aliphatic imine (C=N–C) groups is 1. The fraction of sp³-hybridized carbons (Fsp3) is 0.611. The number of methoxy groups -OCH3 is 2. The molecule has 0 amide bonds. The minimum Gasteiger partial charge on any atom is -0.493 e. The van der Waals surface area contributed by atoms with Crippen LogP contribution in [0.2, 0.25) is 0 Å². The zero-order chi connectivity index (χ0) is 16.4. The van der Waals surface area contributed by atoms with Crippen molar-refractivity contribution in [3.05, 3.63) is 23.3 Å². The third-order valence-electron chi connectivity index (χ3n) is 4.54. The number of hydrogen-bond donors (Lipinski definition) is 0. The highest BCUT2D eigenvalue weighted by molar-refractivity contribution is 5.55. The van der Waals surface area contributed by atoms with Gasteiger partial charge in [0.25, 0.3) is 0 Å². The first-order valence-corrected chi connectivity index (χ1v) is 7.74. The van der Waals surface area contributed by atoms with E-state index in [1.807, 2.05) is 6.07 Å². The molecule has 22 heavy (non-hydrogen) atoms. The van der Waals surface area contributed by atoms with E-state index in [-0.39, 0.29) is 5.41 Å². The first kappa shape index (κ1) is 16.6. The molecular formula is C18H25NO3. The molecule has 1 fully saturated rings. The number of ether oxygens (including phenoxy) is 2. The second-order valence-corrected chi connectivity index (χ2v) is 6.95. The summed E-state index contributed by atoms with van der Waals surface area (Å²) in [6, 6.07) is 4.13. The summed E-state index contributed by atoms with van der Waals surface area (Å²) in [5.74, 6) is 1.37. The molecule has 0 N–H and O–H groups in total. The summed E-state index contributed by atoms with van der Waals surface area (Å²) in [7, 11) is 3.27. The highest BCUT2D eigenvalue weighted by Crippen LogP contribution is 2.49. The van der Waals surface area contributed by atoms with Gasteiger partial charge in [0.15, 0.2) is 11.5 Å². The molecule has 2 rings (SSSR count). The lowest BCUT2D eigenvalue weighted by Gasteiger charge is -2.29. The van der Waals surface area contributed by atoms with Crippen LogP contribution >= 0.6 is 0 Å². The van der Waals surface area contributed by atoms with E-state index in [2.05, 4.69) is 31.8 Å². The van der Waals surface area contributed by atoms with Crippen LogP contribution in [0.4, 0.5) is 0 Å². The lowest BCUT2D eigenvalue weighted by molar-refractivity contribution is 0.335. The molecule has 120 valence electrons. The molecule has 1 aliphatic carbocycles. The van der Waals surface area contributed by atoms with Crippen molar-refractivity contribution in [2.45, 2.75) is 57.4 Å². The van der Waals surface area contributed by atoms with Crippen LogP contribution in [0.3, 0.4) is 0 Å². The first-order chi connectivity index (χ1) is 10.4. The minimum atomic E-state index is -0.526. The van der Waals surface area contributed by atoms with Crippen molar-refractivity contribution in [3.63, 3.8) is 0 Å². The van der Waals surface area contributed by atoms with Gasteiger partial charge in [-0.2, -0.15) is 4.99 Å². The molecule has 0 aliphatic heterocycles. The lowest BCUT2D eigenvalue weighted by Crippen LogP contribution is -2.22. The smallest absolute Gasteiger partial charge is 0.235 e. The number of carbonyl (C=O) groups excluding carboxylic acids is 1. The van der Waals surface area contributed by atoms with Crippen molar-refractivity contribution in [1.82, 2.24) is 0 Å². The van der Waals surface area contributed by atoms with Gasteiger partial charge in [0.05, 0.1) is 14.2 Å². The van der Waals surface area contributed by atoms with Crippen LogP contribution in [0.5, 0.6) is 11.5 Å². The predicted molar refractivity (Wildman–Crippen MR) is 86.5 cm³/mol. The molecule has 0 bridgehead atoms. The predicted octanol–water partition coefficient (Wildman–Crippen LogP) is 4.11. The van der Waals surface area contributed by atoms with Crippen molar-refractivity contribution < 1.29 is 14.3 Å². The van der Waals surface area contributed by atoms with Gasteiger partial charge in [-0.15, -0.1) is 0 Å². The van der Waals surface area contributed by atoms with Crippen molar-refractivity contribution in [2.75, 3.05) is 14.2 Å². The zero-order valence-electron chi connectivity index (χ0n) is 14.2. The molecular weight excluding hydrogens is 278 g/mol. The minimum absolute atomic E-state index is 0.0288. The van der Waals surface area contributed by atoms with Gasteiger partial charge in [-0.05, 0) is 36.0 Å². The van der Waals surface area contributed by atoms with Gasteiger partial charge in [-0.25, -0.2) is 4.79 Å². The molecule has 0 atom stereocenters. The molecule has 4 heteroatoms. The number of rotatable bonds is 4. The Morgan fingerprint density at radius 2 is 1.77 bits per heavy atom. The molecule has 4 nitrogen and oxygen atoms in total. The standard InChI is InChI=1S/C18H25NO3/c1-17(2,3)13-10-14(16(22-5)15(11-13)21-4)18(19-12-20)8-6-7-9-18/h10-11H,6-9H2,1-5H3. The van der Waals surface area contributed by atoms with Gasteiger partial charge in [0.1, 0.15) is 5.54 Å². The third kappa shape index (κ3) is 2.89. The normalized spacial score (nSPS) is 17.0. The second-order valence-electron chi connectivity index (χ2n) is 6.95. The zero-order valence-corrected chi connectivity index (χ0v) is 14.2. The number of nitrogens with zero attached hydrogens (tertiary/aromatic N) is 1. The quantitative estimate of drug-likeness (QED) is 0.621. The van der Waals surface area contributed by atoms with E-state index < -0.39 is 5.54 Å². The Kier molecular flexibility index (Phi) is 4.62. The largest absolute Gasteiger partial charge is 0.493 e. The van der Waals surface area contributed by atoms with Gasteiger partial charge < -0.3 is 9.47 Å². The highest BCUT2D eigenvalue weighted by atomic mass is 16.5. The van der Waals surface area contributed by atoms with Crippen molar-refractivity contribution in [2.24, 2.45) is 4.99 Å². The Morgan fingerprint density at radius 1 is 1.14 bits per heavy atom. The molecule has 0 spiro atoms. The second kappa shape index (κ2) is 6.13. The molecule has 0 unspecified atom stereocenters. The van der Waals surface area contributed by atoms with Gasteiger partial charge in [-0.1, -0.05) is 33.6 Å². The summed E-state index contributed by atoms with van der Waals surface area (Å²) in [6.07, 6.45) is 5.56. The molecule has 1 aromatic carbocycles. The van der Waals surface area contributed by atoms with Crippen LogP contribution in [-0.2, 0) is 15.7 Å². The Balaban J connectivity index is 2.74. The van der Waals surface area contributed by atoms with Crippen molar-refractivity contribution in [1.29, 1.82) is 0 Å². The molecule has 1 aliphatic rings. The number of benzene rings is 1. The SMILES string of the molecule is COc1cc(C(C)(C)C)cc(C2(N=C=O)CCCC2)c1OC. The maximum Gasteiger partial charge on any atom is 0.235 e. The first-order valence-electron chi connectivity index (χ1n) is 7.74. The van der Waals surface area contributed by atoms with Gasteiger partial charge in [0, 0.05) is 5.56 Å². The summed E-state index contributed by atoms with van der Waals surface area (Å²) in [6.45, 7) is 6.47. The summed E-state index contributed by atoms with van der Waals surface area (Å²) in [5.41, 5.74) is 1.54. The lowest BCUT2D eigenvalue weighted by atomic mass is 9.81. The fourth-order valence-corrected chi connectivity index (χ4v) is 3.23. The van der Waals surface area contributed by atoms with Crippen molar-refractivity contribution >= 4 is 6.08 Å². The number of isocyanates is 1. The van der Waals surface area contributed by atoms with E-state index in [1.165, 1.54) is 0 Å². The van der Waals surface area contributed by atoms with Crippen LogP contribution in [0.1, 0.15) is 57.6 Å². The Bertz CT molecular complexity index is 589. The summed E-state index contributed by atoms with van der Waals surface area (Å²) in [5, 5.41) is 0. The van der Waals surface area contributed by atoms with E-state index in [4.69, 9.17) is 9.47 Å². The van der Waals surface area contributed by atoms with Crippen LogP contribution in [0, 0.1) is 0 Å². The van der Waals surface area contributed by atoms with Crippen LogP contribution in [0.25, 0.3) is 0 Å². The molecule has 0 radical (unpaired) electrons. The van der Waals surface area contributed by atoms with Crippen LogP contribution < -0.4 is 9.47 Å². The Labute approximate surface area is 132 Å². The average Bonchev–Trinajstić information content (AvgIpc) is 2.94. The number of hydrogen-bond acceptors (Lipinski definition) is 4. The summed E-state index contributed by atoms with van der Waals surface area (Å²) < 4.78 is 11.1. The van der Waals surface area contributed by atoms with E-state index in [1.54, 1.807) is 20.3 Å². The highest BCUT2D eigenvalue weighted by Gasteiger charge is 2.40. The van der Waals surface area contributed by atoms with Crippen molar-refractivity contribution in [3.8, 4) is 11.5 Å². The molecule has 1 aromatic rings. The summed E-state index contributed by atoms with van der Waals surface area (Å²) in [4.78, 5) is 15.2. The van der Waals surface area contributed by atoms with E-state index in [0.717, 1.165) is 36.8 Å². The molecule has 1 saturated carbocycles. The van der Waals surface area contributed by atoms with E-state index >= 15 is 0 Å². The van der Waals surface area contributed by atoms with Gasteiger partial charge in [0.2, 0.25) is 6.08 Å². The maximum atomic E-state index is 11.0. The van der Waals surface area contributed by atoms with E-state index in [0.29, 0.717) is 11.5 Å². The topological polar surface area (TPSA) is 47.9 Å². The molecule has 0 heterocycles. The Hall–Kier alpha value is -1.80. The van der Waals surface area contributed by atoms with E-state index in [9.17, 15) is 4.79 Å². The summed E-state index contributed by atoms with van der Waals surface area (Å²) >= 11 is 0. The maximum absolute atomic E-state index is 11.0. The molecule has 0 saturated heterocycles.